The van der Waals surface area contributed by atoms with Crippen LogP contribution in [-0.4, -0.2) is 21.3 Å². The Kier molecular flexibility index (Phi) is 3.62. The van der Waals surface area contributed by atoms with E-state index in [4.69, 9.17) is 5.11 Å². The molecule has 1 rings (SSSR count). The number of aromatic amines is 1. The number of aromatic carboxylic acids is 1. The van der Waals surface area contributed by atoms with Crippen LogP contribution in [0.5, 0.6) is 0 Å². The third-order valence-electron chi connectivity index (χ3n) is 1.75. The molecule has 1 aromatic rings. The first-order valence-corrected chi connectivity index (χ1v) is 4.43. The minimum atomic E-state index is -1.02. The lowest BCUT2D eigenvalue weighted by Crippen LogP contribution is -1.95. The van der Waals surface area contributed by atoms with Crippen molar-refractivity contribution in [2.75, 3.05) is 0 Å². The lowest BCUT2D eigenvalue weighted by atomic mass is 10.1. The second kappa shape index (κ2) is 4.95. The van der Waals surface area contributed by atoms with Crippen LogP contribution < -0.4 is 0 Å². The molecule has 0 spiro atoms. The summed E-state index contributed by atoms with van der Waals surface area (Å²) in [5.74, 6) is -1.02. The van der Waals surface area contributed by atoms with Crippen molar-refractivity contribution >= 4 is 11.5 Å². The van der Waals surface area contributed by atoms with E-state index in [0.717, 1.165) is 5.57 Å². The Bertz CT molecular complexity index is 428. The van der Waals surface area contributed by atoms with Crippen molar-refractivity contribution in [2.45, 2.75) is 6.92 Å². The zero-order valence-electron chi connectivity index (χ0n) is 8.40. The van der Waals surface area contributed by atoms with Crippen LogP contribution in [0.25, 0.3) is 5.57 Å². The first kappa shape index (κ1) is 11.0. The lowest BCUT2D eigenvalue weighted by Gasteiger charge is -1.93. The second-order valence-corrected chi connectivity index (χ2v) is 2.83. The fourth-order valence-corrected chi connectivity index (χ4v) is 1.11. The molecule has 15 heavy (non-hydrogen) atoms. The minimum Gasteiger partial charge on any atom is -0.477 e. The van der Waals surface area contributed by atoms with Crippen LogP contribution in [0.4, 0.5) is 0 Å². The van der Waals surface area contributed by atoms with Gasteiger partial charge in [0, 0.05) is 5.57 Å². The van der Waals surface area contributed by atoms with Crippen molar-refractivity contribution in [3.8, 4) is 0 Å². The molecular formula is C11H12N2O2. The highest BCUT2D eigenvalue weighted by Crippen LogP contribution is 2.14. The fraction of sp³-hybridized carbons (Fsp3) is 0.0909. The summed E-state index contributed by atoms with van der Waals surface area (Å²) in [6.45, 7) is 5.46. The average Bonchev–Trinajstić information content (AvgIpc) is 2.66. The number of carbonyl (C=O) groups is 1. The number of hydrogen-bond donors (Lipinski definition) is 2. The van der Waals surface area contributed by atoms with Gasteiger partial charge in [0.1, 0.15) is 5.69 Å². The van der Waals surface area contributed by atoms with Gasteiger partial charge >= 0.3 is 5.97 Å². The monoisotopic (exact) mass is 204 g/mol. The third kappa shape index (κ3) is 2.67. The number of allylic oxidation sites excluding steroid dienone is 5. The van der Waals surface area contributed by atoms with E-state index in [9.17, 15) is 4.79 Å². The number of nitrogens with one attached hydrogen (secondary N) is 1. The minimum absolute atomic E-state index is 0.0736. The molecule has 4 nitrogen and oxygen atoms in total. The van der Waals surface area contributed by atoms with Crippen molar-refractivity contribution < 1.29 is 9.90 Å². The third-order valence-corrected chi connectivity index (χ3v) is 1.75. The summed E-state index contributed by atoms with van der Waals surface area (Å²) in [6.07, 6.45) is 7.08. The van der Waals surface area contributed by atoms with Gasteiger partial charge in [-0.25, -0.2) is 4.79 Å². The van der Waals surface area contributed by atoms with Crippen LogP contribution >= 0.6 is 0 Å². The molecule has 0 aromatic carbocycles. The molecule has 0 aliphatic rings. The van der Waals surface area contributed by atoms with Crippen LogP contribution in [0.1, 0.15) is 23.1 Å². The van der Waals surface area contributed by atoms with Gasteiger partial charge in [0.25, 0.3) is 0 Å². The van der Waals surface area contributed by atoms with Crippen LogP contribution in [0.3, 0.4) is 0 Å². The van der Waals surface area contributed by atoms with Gasteiger partial charge in [-0.2, -0.15) is 5.10 Å². The predicted octanol–water partition coefficient (Wildman–Crippen LogP) is 2.25. The zero-order chi connectivity index (χ0) is 11.3. The molecule has 1 aromatic heterocycles. The molecule has 78 valence electrons. The predicted molar refractivity (Wildman–Crippen MR) is 58.5 cm³/mol. The van der Waals surface area contributed by atoms with Gasteiger partial charge in [0.05, 0.1) is 5.69 Å². The summed E-state index contributed by atoms with van der Waals surface area (Å²) in [7, 11) is 0. The van der Waals surface area contributed by atoms with Crippen LogP contribution in [-0.2, 0) is 0 Å². The summed E-state index contributed by atoms with van der Waals surface area (Å²) < 4.78 is 0. The molecule has 0 unspecified atom stereocenters. The standard InChI is InChI=1S/C11H12N2O2/c1-3-5-8(6-4-2)9-7-10(11(14)15)13-12-9/h3-7H,1H2,2H3,(H,12,13)(H,14,15)/b6-4-,8-5+. The molecule has 0 atom stereocenters. The molecule has 0 saturated carbocycles. The molecule has 0 saturated heterocycles. The maximum Gasteiger partial charge on any atom is 0.353 e. The summed E-state index contributed by atoms with van der Waals surface area (Å²) in [5, 5.41) is 15.1. The summed E-state index contributed by atoms with van der Waals surface area (Å²) in [4.78, 5) is 10.6. The Morgan fingerprint density at radius 2 is 2.40 bits per heavy atom. The van der Waals surface area contributed by atoms with E-state index in [1.54, 1.807) is 12.2 Å². The van der Waals surface area contributed by atoms with E-state index < -0.39 is 5.97 Å². The molecule has 0 radical (unpaired) electrons. The van der Waals surface area contributed by atoms with E-state index in [-0.39, 0.29) is 5.69 Å². The number of H-pyrrole nitrogens is 1. The largest absolute Gasteiger partial charge is 0.477 e. The van der Waals surface area contributed by atoms with Crippen LogP contribution in [0.15, 0.2) is 36.9 Å². The fourth-order valence-electron chi connectivity index (χ4n) is 1.11. The zero-order valence-corrected chi connectivity index (χ0v) is 8.40. The maximum absolute atomic E-state index is 10.6. The van der Waals surface area contributed by atoms with E-state index in [1.807, 2.05) is 19.1 Å². The van der Waals surface area contributed by atoms with E-state index in [0.29, 0.717) is 5.69 Å². The van der Waals surface area contributed by atoms with E-state index >= 15 is 0 Å². The van der Waals surface area contributed by atoms with Gasteiger partial charge in [-0.15, -0.1) is 0 Å². The highest BCUT2D eigenvalue weighted by atomic mass is 16.4. The van der Waals surface area contributed by atoms with Gasteiger partial charge in [0.2, 0.25) is 0 Å². The SMILES string of the molecule is C=C/C=C(\C=C/C)c1cc(C(=O)O)[nH]n1. The van der Waals surface area contributed by atoms with Gasteiger partial charge in [-0.3, -0.25) is 5.10 Å². The van der Waals surface area contributed by atoms with Crippen LogP contribution in [0, 0.1) is 0 Å². The Balaban J connectivity index is 3.07. The molecule has 0 aliphatic carbocycles. The van der Waals surface area contributed by atoms with Crippen molar-refractivity contribution in [3.05, 3.63) is 48.3 Å². The Morgan fingerprint density at radius 1 is 1.67 bits per heavy atom. The van der Waals surface area contributed by atoms with E-state index in [2.05, 4.69) is 16.8 Å². The molecular weight excluding hydrogens is 192 g/mol. The number of carboxylic acid groups (broad SMARTS) is 1. The number of carboxylic acids is 1. The van der Waals surface area contributed by atoms with Crippen LogP contribution in [0.2, 0.25) is 0 Å². The smallest absolute Gasteiger partial charge is 0.353 e. The summed E-state index contributed by atoms with van der Waals surface area (Å²) in [6, 6.07) is 1.48. The molecule has 0 fully saturated rings. The Hall–Kier alpha value is -2.10. The average molecular weight is 204 g/mol. The first-order valence-electron chi connectivity index (χ1n) is 4.43. The lowest BCUT2D eigenvalue weighted by molar-refractivity contribution is 0.0690. The number of aromatic nitrogens is 2. The molecule has 4 heteroatoms. The Morgan fingerprint density at radius 3 is 2.87 bits per heavy atom. The topological polar surface area (TPSA) is 66.0 Å². The molecule has 1 heterocycles. The second-order valence-electron chi connectivity index (χ2n) is 2.83. The highest BCUT2D eigenvalue weighted by molar-refractivity contribution is 5.87. The Labute approximate surface area is 87.6 Å². The summed E-state index contributed by atoms with van der Waals surface area (Å²) >= 11 is 0. The van der Waals surface area contributed by atoms with Gasteiger partial charge < -0.3 is 5.11 Å². The normalized spacial score (nSPS) is 11.9. The molecule has 0 aliphatic heterocycles. The first-order chi connectivity index (χ1) is 7.19. The molecule has 2 N–H and O–H groups in total. The maximum atomic E-state index is 10.6. The van der Waals surface area contributed by atoms with E-state index in [1.165, 1.54) is 6.07 Å². The van der Waals surface area contributed by atoms with Gasteiger partial charge in [0.15, 0.2) is 0 Å². The quantitative estimate of drug-likeness (QED) is 0.739. The summed E-state index contributed by atoms with van der Waals surface area (Å²) in [5.41, 5.74) is 1.48. The molecule has 0 amide bonds. The van der Waals surface area contributed by atoms with Gasteiger partial charge in [-0.1, -0.05) is 30.9 Å². The van der Waals surface area contributed by atoms with Gasteiger partial charge in [-0.05, 0) is 13.0 Å². The van der Waals surface area contributed by atoms with Crippen molar-refractivity contribution in [1.29, 1.82) is 0 Å². The number of rotatable bonds is 4. The molecule has 0 bridgehead atoms. The number of hydrogen-bond acceptors (Lipinski definition) is 2. The highest BCUT2D eigenvalue weighted by Gasteiger charge is 2.08. The van der Waals surface area contributed by atoms with Crippen molar-refractivity contribution in [1.82, 2.24) is 10.2 Å². The van der Waals surface area contributed by atoms with Crippen molar-refractivity contribution in [3.63, 3.8) is 0 Å². The number of nitrogens with zero attached hydrogens (tertiary/aromatic N) is 1. The van der Waals surface area contributed by atoms with Crippen molar-refractivity contribution in [2.24, 2.45) is 0 Å².